The molecule has 134 valence electrons. The van der Waals surface area contributed by atoms with Gasteiger partial charge in [0.15, 0.2) is 0 Å². The van der Waals surface area contributed by atoms with Gasteiger partial charge in [-0.2, -0.15) is 0 Å². The van der Waals surface area contributed by atoms with E-state index < -0.39 is 17.6 Å². The number of cyclic esters (lactones) is 1. The van der Waals surface area contributed by atoms with Crippen LogP contribution in [0, 0.1) is 28.6 Å². The highest BCUT2D eigenvalue weighted by molar-refractivity contribution is 5.86. The van der Waals surface area contributed by atoms with E-state index in [-0.39, 0.29) is 35.8 Å². The van der Waals surface area contributed by atoms with Gasteiger partial charge in [-0.25, -0.2) is 0 Å². The molecule has 6 atom stereocenters. The van der Waals surface area contributed by atoms with Crippen LogP contribution in [0.5, 0.6) is 0 Å². The van der Waals surface area contributed by atoms with E-state index in [0.717, 1.165) is 6.42 Å². The molecule has 0 bridgehead atoms. The summed E-state index contributed by atoms with van der Waals surface area (Å²) in [5.41, 5.74) is -0.626. The summed E-state index contributed by atoms with van der Waals surface area (Å²) in [7, 11) is 0. The predicted molar refractivity (Wildman–Crippen MR) is 87.9 cm³/mol. The van der Waals surface area contributed by atoms with Gasteiger partial charge in [0.05, 0.1) is 12.0 Å². The van der Waals surface area contributed by atoms with Crippen LogP contribution in [0.3, 0.4) is 0 Å². The van der Waals surface area contributed by atoms with Gasteiger partial charge in [0.2, 0.25) is 0 Å². The van der Waals surface area contributed by atoms with Crippen molar-refractivity contribution in [1.82, 2.24) is 0 Å². The molecule has 3 rings (SSSR count). The second kappa shape index (κ2) is 5.58. The molecule has 2 aliphatic carbocycles. The molecule has 5 heteroatoms. The maximum atomic E-state index is 12.7. The minimum Gasteiger partial charge on any atom is -0.460 e. The van der Waals surface area contributed by atoms with Gasteiger partial charge in [0.25, 0.3) is 0 Å². The number of carbonyl (C=O) groups excluding carboxylic acids is 2. The Morgan fingerprint density at radius 2 is 2.08 bits per heavy atom. The van der Waals surface area contributed by atoms with Crippen molar-refractivity contribution in [1.29, 1.82) is 0 Å². The number of fused-ring (bicyclic) bond motifs is 1. The van der Waals surface area contributed by atoms with E-state index in [2.05, 4.69) is 20.4 Å². The number of esters is 2. The monoisotopic (exact) mass is 336 g/mol. The van der Waals surface area contributed by atoms with Gasteiger partial charge in [-0.05, 0) is 36.2 Å². The molecule has 0 aromatic rings. The summed E-state index contributed by atoms with van der Waals surface area (Å²) in [6, 6.07) is 0. The third-order valence-corrected chi connectivity index (χ3v) is 6.76. The Hall–Kier alpha value is -1.36. The molecule has 5 nitrogen and oxygen atoms in total. The fraction of sp³-hybridized carbons (Fsp3) is 0.789. The SMILES string of the molecule is C=C1COC(=O)[C@]12C[C@@]1(C)[C@@H]([C@H]2OC(=O)C(C)C)[C@@H](O)CC[C@@H]1C. The first-order chi connectivity index (χ1) is 11.1. The summed E-state index contributed by atoms with van der Waals surface area (Å²) in [6.07, 6.45) is 0.802. The Bertz CT molecular complexity index is 564. The van der Waals surface area contributed by atoms with Crippen LogP contribution in [0.15, 0.2) is 12.2 Å². The first-order valence-electron chi connectivity index (χ1n) is 8.88. The van der Waals surface area contributed by atoms with E-state index in [1.165, 1.54) is 0 Å². The fourth-order valence-electron chi connectivity index (χ4n) is 5.05. The van der Waals surface area contributed by atoms with Crippen molar-refractivity contribution < 1.29 is 24.2 Å². The van der Waals surface area contributed by atoms with E-state index in [0.29, 0.717) is 24.3 Å². The molecule has 1 spiro atoms. The van der Waals surface area contributed by atoms with Crippen LogP contribution in [0.1, 0.15) is 47.0 Å². The Morgan fingerprint density at radius 1 is 1.42 bits per heavy atom. The third-order valence-electron chi connectivity index (χ3n) is 6.76. The highest BCUT2D eigenvalue weighted by atomic mass is 16.6. The number of hydrogen-bond donors (Lipinski definition) is 1. The number of hydrogen-bond acceptors (Lipinski definition) is 5. The van der Waals surface area contributed by atoms with E-state index in [1.807, 2.05) is 0 Å². The van der Waals surface area contributed by atoms with Crippen LogP contribution in [0.4, 0.5) is 0 Å². The van der Waals surface area contributed by atoms with Crippen LogP contribution in [0.25, 0.3) is 0 Å². The van der Waals surface area contributed by atoms with Crippen molar-refractivity contribution in [3.8, 4) is 0 Å². The number of aliphatic hydroxyl groups excluding tert-OH is 1. The summed E-state index contributed by atoms with van der Waals surface area (Å²) in [6.45, 7) is 12.0. The van der Waals surface area contributed by atoms with E-state index in [1.54, 1.807) is 13.8 Å². The lowest BCUT2D eigenvalue weighted by molar-refractivity contribution is -0.171. The number of rotatable bonds is 2. The van der Waals surface area contributed by atoms with Crippen molar-refractivity contribution in [2.45, 2.75) is 59.2 Å². The largest absolute Gasteiger partial charge is 0.460 e. The highest BCUT2D eigenvalue weighted by Crippen LogP contribution is 2.65. The molecule has 24 heavy (non-hydrogen) atoms. The van der Waals surface area contributed by atoms with E-state index in [4.69, 9.17) is 9.47 Å². The zero-order valence-electron chi connectivity index (χ0n) is 15.0. The van der Waals surface area contributed by atoms with Crippen LogP contribution in [-0.2, 0) is 19.1 Å². The Morgan fingerprint density at radius 3 is 2.62 bits per heavy atom. The lowest BCUT2D eigenvalue weighted by atomic mass is 9.62. The van der Waals surface area contributed by atoms with Crippen molar-refractivity contribution in [2.75, 3.05) is 6.61 Å². The Balaban J connectivity index is 2.09. The Kier molecular flexibility index (Phi) is 4.06. The standard InChI is InChI=1S/C19H28O5/c1-10(2)16(21)24-15-14-13(20)7-6-11(3)18(14,5)9-19(15)12(4)8-23-17(19)22/h10-11,13-15,20H,4,6-9H2,1-3,5H3/t11-,13-,14+,15+,18+,19+/m0/s1. The summed E-state index contributed by atoms with van der Waals surface area (Å²) in [4.78, 5) is 25.0. The quantitative estimate of drug-likeness (QED) is 0.619. The average Bonchev–Trinajstić information content (AvgIpc) is 2.95. The number of aliphatic hydroxyl groups is 1. The molecule has 3 fully saturated rings. The average molecular weight is 336 g/mol. The third kappa shape index (κ3) is 2.17. The van der Waals surface area contributed by atoms with Crippen molar-refractivity contribution >= 4 is 11.9 Å². The maximum absolute atomic E-state index is 12.7. The lowest BCUT2D eigenvalue weighted by Crippen LogP contribution is -2.49. The zero-order chi connectivity index (χ0) is 17.9. The second-order valence-corrected chi connectivity index (χ2v) is 8.42. The van der Waals surface area contributed by atoms with Gasteiger partial charge in [-0.1, -0.05) is 34.3 Å². The van der Waals surface area contributed by atoms with Crippen LogP contribution in [-0.4, -0.2) is 35.9 Å². The fourth-order valence-corrected chi connectivity index (χ4v) is 5.05. The minimum absolute atomic E-state index is 0.168. The van der Waals surface area contributed by atoms with Gasteiger partial charge < -0.3 is 14.6 Å². The summed E-state index contributed by atoms with van der Waals surface area (Å²) in [5.74, 6) is -0.943. The molecule has 0 unspecified atom stereocenters. The van der Waals surface area contributed by atoms with Crippen molar-refractivity contribution in [3.05, 3.63) is 12.2 Å². The predicted octanol–water partition coefficient (Wildman–Crippen LogP) is 2.47. The van der Waals surface area contributed by atoms with E-state index >= 15 is 0 Å². The summed E-state index contributed by atoms with van der Waals surface area (Å²) < 4.78 is 11.1. The molecule has 1 aliphatic heterocycles. The second-order valence-electron chi connectivity index (χ2n) is 8.42. The maximum Gasteiger partial charge on any atom is 0.320 e. The van der Waals surface area contributed by atoms with Crippen molar-refractivity contribution in [2.24, 2.45) is 28.6 Å². The summed E-state index contributed by atoms with van der Waals surface area (Å²) in [5, 5.41) is 10.7. The molecular weight excluding hydrogens is 308 g/mol. The van der Waals surface area contributed by atoms with Crippen molar-refractivity contribution in [3.63, 3.8) is 0 Å². The normalized spacial score (nSPS) is 44.8. The lowest BCUT2D eigenvalue weighted by Gasteiger charge is -2.45. The number of ether oxygens (including phenoxy) is 2. The topological polar surface area (TPSA) is 72.8 Å². The molecule has 2 saturated carbocycles. The molecule has 1 saturated heterocycles. The van der Waals surface area contributed by atoms with Crippen LogP contribution >= 0.6 is 0 Å². The molecule has 0 amide bonds. The molecule has 1 heterocycles. The zero-order valence-corrected chi connectivity index (χ0v) is 15.0. The first kappa shape index (κ1) is 17.5. The molecule has 3 aliphatic rings. The van der Waals surface area contributed by atoms with Gasteiger partial charge in [-0.15, -0.1) is 0 Å². The smallest absolute Gasteiger partial charge is 0.320 e. The molecule has 0 aromatic heterocycles. The van der Waals surface area contributed by atoms with Gasteiger partial charge in [-0.3, -0.25) is 9.59 Å². The first-order valence-corrected chi connectivity index (χ1v) is 8.88. The number of carbonyl (C=O) groups is 2. The van der Waals surface area contributed by atoms with Gasteiger partial charge in [0, 0.05) is 5.92 Å². The van der Waals surface area contributed by atoms with Crippen LogP contribution < -0.4 is 0 Å². The van der Waals surface area contributed by atoms with E-state index in [9.17, 15) is 14.7 Å². The van der Waals surface area contributed by atoms with Gasteiger partial charge in [0.1, 0.15) is 18.1 Å². The highest BCUT2D eigenvalue weighted by Gasteiger charge is 2.71. The summed E-state index contributed by atoms with van der Waals surface area (Å²) >= 11 is 0. The molecular formula is C19H28O5. The molecule has 0 aromatic carbocycles. The molecule has 0 radical (unpaired) electrons. The minimum atomic E-state index is -1.01. The van der Waals surface area contributed by atoms with Crippen LogP contribution in [0.2, 0.25) is 0 Å². The Labute approximate surface area is 143 Å². The van der Waals surface area contributed by atoms with Gasteiger partial charge >= 0.3 is 11.9 Å². The molecule has 1 N–H and O–H groups in total.